The molecule has 0 fully saturated rings. The Balaban J connectivity index is 2.26. The van der Waals surface area contributed by atoms with Gasteiger partial charge in [-0.15, -0.1) is 0 Å². The first-order valence-corrected chi connectivity index (χ1v) is 9.09. The number of sulfonamides is 1. The van der Waals surface area contributed by atoms with Gasteiger partial charge in [0.2, 0.25) is 10.0 Å². The molecule has 1 aliphatic carbocycles. The fraction of sp³-hybridized carbons (Fsp3) is 0.600. The zero-order valence-electron chi connectivity index (χ0n) is 13.3. The molecule has 0 spiro atoms. The van der Waals surface area contributed by atoms with Crippen molar-refractivity contribution in [1.82, 2.24) is 9.62 Å². The van der Waals surface area contributed by atoms with Gasteiger partial charge in [0, 0.05) is 11.7 Å². The fourth-order valence-corrected chi connectivity index (χ4v) is 3.53. The lowest BCUT2D eigenvalue weighted by Gasteiger charge is -2.23. The van der Waals surface area contributed by atoms with Crippen LogP contribution in [0.2, 0.25) is 0 Å². The fourth-order valence-electron chi connectivity index (χ4n) is 2.71. The van der Waals surface area contributed by atoms with Crippen LogP contribution < -0.4 is 10.0 Å². The first-order chi connectivity index (χ1) is 9.67. The Hall–Kier alpha value is -1.11. The smallest absolute Gasteiger partial charge is 0.209 e. The molecule has 1 aromatic carbocycles. The predicted octanol–water partition coefficient (Wildman–Crippen LogP) is 1.79. The largest absolute Gasteiger partial charge is 0.370 e. The molecule has 0 bridgehead atoms. The number of hydrogen-bond donors (Lipinski definition) is 2. The lowest BCUT2D eigenvalue weighted by molar-refractivity contribution is 0.343. The number of fused-ring (bicyclic) bond motifs is 1. The average Bonchev–Trinajstić information content (AvgIpc) is 2.64. The highest BCUT2D eigenvalue weighted by atomic mass is 32.2. The van der Waals surface area contributed by atoms with Crippen molar-refractivity contribution in [2.45, 2.75) is 32.5 Å². The van der Waals surface area contributed by atoms with Crippen LogP contribution in [0.4, 0.5) is 5.69 Å². The van der Waals surface area contributed by atoms with E-state index >= 15 is 0 Å². The minimum absolute atomic E-state index is 0.133. The topological polar surface area (TPSA) is 61.4 Å². The van der Waals surface area contributed by atoms with Crippen molar-refractivity contribution in [3.05, 3.63) is 29.3 Å². The van der Waals surface area contributed by atoms with E-state index in [1.54, 1.807) is 0 Å². The number of benzene rings is 1. The van der Waals surface area contributed by atoms with Gasteiger partial charge in [-0.3, -0.25) is 4.90 Å². The molecule has 0 aromatic heterocycles. The first-order valence-electron chi connectivity index (χ1n) is 7.20. The van der Waals surface area contributed by atoms with Gasteiger partial charge in [0.05, 0.1) is 12.4 Å². The summed E-state index contributed by atoms with van der Waals surface area (Å²) in [5, 5.41) is 3.42. The molecule has 1 aliphatic rings. The quantitative estimate of drug-likeness (QED) is 0.814. The van der Waals surface area contributed by atoms with Gasteiger partial charge in [-0.1, -0.05) is 13.0 Å². The van der Waals surface area contributed by atoms with Crippen LogP contribution >= 0.6 is 0 Å². The summed E-state index contributed by atoms with van der Waals surface area (Å²) < 4.78 is 25.9. The molecule has 2 N–H and O–H groups in total. The lowest BCUT2D eigenvalue weighted by Crippen LogP contribution is -2.32. The number of hydrogen-bond acceptors (Lipinski definition) is 4. The van der Waals surface area contributed by atoms with E-state index in [-0.39, 0.29) is 18.1 Å². The minimum atomic E-state index is -3.21. The molecule has 0 radical (unpaired) electrons. The van der Waals surface area contributed by atoms with E-state index in [2.05, 4.69) is 47.0 Å². The van der Waals surface area contributed by atoms with Crippen LogP contribution in [0.25, 0.3) is 0 Å². The Bertz CT molecular complexity index is 613. The highest BCUT2D eigenvalue weighted by molar-refractivity contribution is 7.88. The van der Waals surface area contributed by atoms with Gasteiger partial charge in [0.1, 0.15) is 0 Å². The highest BCUT2D eigenvalue weighted by Crippen LogP contribution is 2.37. The third kappa shape index (κ3) is 3.96. The summed E-state index contributed by atoms with van der Waals surface area (Å²) in [6.07, 6.45) is 2.34. The summed E-state index contributed by atoms with van der Waals surface area (Å²) in [6, 6.07) is 6.10. The standard InChI is InChI=1S/C15H25N3O2S/c1-10-8-12-6-7-13(16-11(2)18(3)4)9-14(12)15(10)17-21(5,19)20/h6-7,9-11,15-17H,8H2,1-5H3. The van der Waals surface area contributed by atoms with Gasteiger partial charge in [0.25, 0.3) is 0 Å². The second-order valence-electron chi connectivity index (χ2n) is 6.25. The zero-order chi connectivity index (χ0) is 15.8. The second-order valence-corrected chi connectivity index (χ2v) is 8.03. The van der Waals surface area contributed by atoms with E-state index in [0.29, 0.717) is 0 Å². The maximum atomic E-state index is 11.6. The molecule has 0 aliphatic heterocycles. The normalized spacial score (nSPS) is 23.1. The van der Waals surface area contributed by atoms with E-state index in [4.69, 9.17) is 0 Å². The van der Waals surface area contributed by atoms with Crippen LogP contribution in [0.1, 0.15) is 31.0 Å². The SMILES string of the molecule is CC1Cc2ccc(NC(C)N(C)C)cc2C1NS(C)(=O)=O. The summed E-state index contributed by atoms with van der Waals surface area (Å²) in [6.45, 7) is 4.17. The Morgan fingerprint density at radius 1 is 1.33 bits per heavy atom. The van der Waals surface area contributed by atoms with Crippen molar-refractivity contribution in [3.63, 3.8) is 0 Å². The molecule has 3 unspecified atom stereocenters. The van der Waals surface area contributed by atoms with Crippen LogP contribution in [0.5, 0.6) is 0 Å². The van der Waals surface area contributed by atoms with E-state index < -0.39 is 10.0 Å². The molecule has 1 aromatic rings. The summed E-state index contributed by atoms with van der Waals surface area (Å²) in [4.78, 5) is 2.09. The van der Waals surface area contributed by atoms with Crippen LogP contribution in [0.3, 0.4) is 0 Å². The molecule has 5 nitrogen and oxygen atoms in total. The van der Waals surface area contributed by atoms with Crippen LogP contribution in [0.15, 0.2) is 18.2 Å². The van der Waals surface area contributed by atoms with Gasteiger partial charge < -0.3 is 5.32 Å². The molecular formula is C15H25N3O2S. The third-order valence-corrected chi connectivity index (χ3v) is 4.77. The van der Waals surface area contributed by atoms with Gasteiger partial charge in [-0.05, 0) is 56.6 Å². The Labute approximate surface area is 127 Å². The molecule has 0 amide bonds. The first kappa shape index (κ1) is 16.3. The van der Waals surface area contributed by atoms with E-state index in [0.717, 1.165) is 17.7 Å². The lowest BCUT2D eigenvalue weighted by atomic mass is 10.0. The third-order valence-electron chi connectivity index (χ3n) is 4.08. The minimum Gasteiger partial charge on any atom is -0.370 e. The number of nitrogens with zero attached hydrogens (tertiary/aromatic N) is 1. The van der Waals surface area contributed by atoms with E-state index in [1.807, 2.05) is 14.1 Å². The van der Waals surface area contributed by atoms with Gasteiger partial charge >= 0.3 is 0 Å². The van der Waals surface area contributed by atoms with Crippen molar-refractivity contribution in [1.29, 1.82) is 0 Å². The molecule has 21 heavy (non-hydrogen) atoms. The number of nitrogens with one attached hydrogen (secondary N) is 2. The average molecular weight is 311 g/mol. The van der Waals surface area contributed by atoms with Gasteiger partial charge in [0.15, 0.2) is 0 Å². The van der Waals surface area contributed by atoms with Crippen LogP contribution in [-0.4, -0.2) is 39.8 Å². The van der Waals surface area contributed by atoms with Crippen LogP contribution in [-0.2, 0) is 16.4 Å². The monoisotopic (exact) mass is 311 g/mol. The van der Waals surface area contributed by atoms with Crippen molar-refractivity contribution in [2.75, 3.05) is 25.7 Å². The number of rotatable bonds is 5. The van der Waals surface area contributed by atoms with Crippen molar-refractivity contribution in [3.8, 4) is 0 Å². The van der Waals surface area contributed by atoms with Crippen molar-refractivity contribution >= 4 is 15.7 Å². The Morgan fingerprint density at radius 2 is 2.00 bits per heavy atom. The maximum absolute atomic E-state index is 11.6. The highest BCUT2D eigenvalue weighted by Gasteiger charge is 2.31. The molecule has 3 atom stereocenters. The molecule has 0 heterocycles. The molecular weight excluding hydrogens is 286 g/mol. The number of anilines is 1. The summed E-state index contributed by atoms with van der Waals surface area (Å²) >= 11 is 0. The summed E-state index contributed by atoms with van der Waals surface area (Å²) in [5.41, 5.74) is 3.33. The Kier molecular flexibility index (Phi) is 4.60. The summed E-state index contributed by atoms with van der Waals surface area (Å²) in [7, 11) is 0.819. The van der Waals surface area contributed by atoms with Crippen molar-refractivity contribution < 1.29 is 8.42 Å². The van der Waals surface area contributed by atoms with Gasteiger partial charge in [-0.25, -0.2) is 13.1 Å². The molecule has 0 saturated carbocycles. The predicted molar refractivity (Wildman–Crippen MR) is 86.8 cm³/mol. The molecule has 118 valence electrons. The van der Waals surface area contributed by atoms with E-state index in [1.165, 1.54) is 11.8 Å². The summed E-state index contributed by atoms with van der Waals surface area (Å²) in [5.74, 6) is 0.274. The zero-order valence-corrected chi connectivity index (χ0v) is 14.2. The van der Waals surface area contributed by atoms with E-state index in [9.17, 15) is 8.42 Å². The molecule has 2 rings (SSSR count). The van der Waals surface area contributed by atoms with Gasteiger partial charge in [-0.2, -0.15) is 0 Å². The van der Waals surface area contributed by atoms with Crippen molar-refractivity contribution in [2.24, 2.45) is 5.92 Å². The second kappa shape index (κ2) is 5.94. The Morgan fingerprint density at radius 3 is 2.57 bits per heavy atom. The maximum Gasteiger partial charge on any atom is 0.209 e. The molecule has 0 saturated heterocycles. The molecule has 6 heteroatoms. The van der Waals surface area contributed by atoms with Crippen LogP contribution in [0, 0.1) is 5.92 Å².